The number of carbonyl (C=O) groups excluding carboxylic acids is 2. The molecule has 0 amide bonds. The monoisotopic (exact) mass is 1120 g/mol. The lowest BCUT2D eigenvalue weighted by atomic mass is 9.88. The van der Waals surface area contributed by atoms with Crippen molar-refractivity contribution in [3.63, 3.8) is 0 Å². The Morgan fingerprint density at radius 3 is 0.976 bits per heavy atom. The molecule has 0 atom stereocenters. The Morgan fingerprint density at radius 2 is 0.643 bits per heavy atom. The number of hydrogen-bond donors (Lipinski definition) is 0. The highest BCUT2D eigenvalue weighted by Crippen LogP contribution is 2.39. The van der Waals surface area contributed by atoms with Crippen LogP contribution in [0.25, 0.3) is 89.0 Å². The summed E-state index contributed by atoms with van der Waals surface area (Å²) in [7, 11) is 0. The van der Waals surface area contributed by atoms with E-state index in [0.29, 0.717) is 39.6 Å². The third-order valence-corrected chi connectivity index (χ3v) is 15.7. The molecule has 0 aliphatic rings. The minimum Gasteiger partial charge on any atom is -0.491 e. The molecule has 84 heavy (non-hydrogen) atoms. The van der Waals surface area contributed by atoms with Crippen LogP contribution in [0, 0.1) is 55.4 Å². The summed E-state index contributed by atoms with van der Waals surface area (Å²) in [6, 6.07) is 64.8. The fourth-order valence-electron chi connectivity index (χ4n) is 11.3. The van der Waals surface area contributed by atoms with Gasteiger partial charge in [-0.25, -0.2) is 0 Å². The molecule has 9 aromatic carbocycles. The first kappa shape index (κ1) is 60.2. The molecule has 0 saturated carbocycles. The van der Waals surface area contributed by atoms with Gasteiger partial charge >= 0.3 is 11.9 Å². The molecule has 0 spiro atoms. The molecule has 0 unspecified atom stereocenters. The number of hydrogen-bond acceptors (Lipinski definition) is 8. The third kappa shape index (κ3) is 15.0. The second kappa shape index (κ2) is 28.3. The SMILES string of the molecule is CCOC(=O)CN(CCOCCOCCOc1ccc(-c2ccc(-c3ccc(-c4ccc(-c5ccc(-c6ccc(-c7ccc(-c8ccc(-c9cccc(C)c9)cc8C)c(C)c7)cc6C)c(C)c5)cc4C)c(C)c3)cc2C)cc1)CC(=O)OCC. The third-order valence-electron chi connectivity index (χ3n) is 15.7. The lowest BCUT2D eigenvalue weighted by molar-refractivity contribution is -0.148. The highest BCUT2D eigenvalue weighted by Gasteiger charge is 2.18. The van der Waals surface area contributed by atoms with Gasteiger partial charge in [0.15, 0.2) is 0 Å². The molecule has 8 nitrogen and oxygen atoms in total. The van der Waals surface area contributed by atoms with Gasteiger partial charge in [0.1, 0.15) is 12.4 Å². The minimum atomic E-state index is -0.393. The molecule has 9 aromatic rings. The minimum absolute atomic E-state index is 0.00808. The van der Waals surface area contributed by atoms with Crippen molar-refractivity contribution in [1.82, 2.24) is 4.90 Å². The van der Waals surface area contributed by atoms with Crippen LogP contribution in [0.4, 0.5) is 0 Å². The van der Waals surface area contributed by atoms with Crippen LogP contribution in [0.3, 0.4) is 0 Å². The molecule has 0 aromatic heterocycles. The summed E-state index contributed by atoms with van der Waals surface area (Å²) < 4.78 is 27.4. The van der Waals surface area contributed by atoms with E-state index in [4.69, 9.17) is 23.7 Å². The highest BCUT2D eigenvalue weighted by atomic mass is 16.5. The molecule has 0 saturated heterocycles. The van der Waals surface area contributed by atoms with Gasteiger partial charge in [0, 0.05) is 6.54 Å². The first-order valence-corrected chi connectivity index (χ1v) is 29.4. The van der Waals surface area contributed by atoms with Crippen molar-refractivity contribution in [2.24, 2.45) is 0 Å². The van der Waals surface area contributed by atoms with Crippen LogP contribution < -0.4 is 4.74 Å². The molecule has 0 N–H and O–H groups in total. The van der Waals surface area contributed by atoms with Gasteiger partial charge in [-0.05, 0) is 209 Å². The van der Waals surface area contributed by atoms with Crippen LogP contribution in [0.1, 0.15) is 58.4 Å². The summed E-state index contributed by atoms with van der Waals surface area (Å²) in [5, 5.41) is 0. The van der Waals surface area contributed by atoms with Gasteiger partial charge in [-0.15, -0.1) is 0 Å². The van der Waals surface area contributed by atoms with Crippen LogP contribution in [0.2, 0.25) is 0 Å². The summed E-state index contributed by atoms with van der Waals surface area (Å²) in [5.41, 5.74) is 29.7. The zero-order valence-electron chi connectivity index (χ0n) is 50.6. The molecule has 0 bridgehead atoms. The Labute approximate surface area is 498 Å². The fraction of sp³-hybridized carbons (Fsp3) is 0.263. The molecule has 0 aliphatic heterocycles. The van der Waals surface area contributed by atoms with E-state index in [1.54, 1.807) is 18.7 Å². The molecule has 8 heteroatoms. The Kier molecular flexibility index (Phi) is 20.2. The van der Waals surface area contributed by atoms with Crippen LogP contribution in [0.15, 0.2) is 176 Å². The average molecular weight is 1120 g/mol. The van der Waals surface area contributed by atoms with E-state index < -0.39 is 11.9 Å². The lowest BCUT2D eigenvalue weighted by Gasteiger charge is -2.20. The van der Waals surface area contributed by atoms with Crippen molar-refractivity contribution in [3.8, 4) is 94.8 Å². The van der Waals surface area contributed by atoms with E-state index in [2.05, 4.69) is 219 Å². The van der Waals surface area contributed by atoms with Crippen LogP contribution in [-0.2, 0) is 28.5 Å². The van der Waals surface area contributed by atoms with Crippen molar-refractivity contribution < 1.29 is 33.3 Å². The zero-order chi connectivity index (χ0) is 59.3. The van der Waals surface area contributed by atoms with E-state index >= 15 is 0 Å². The molecule has 9 rings (SSSR count). The zero-order valence-corrected chi connectivity index (χ0v) is 50.6. The fourth-order valence-corrected chi connectivity index (χ4v) is 11.3. The van der Waals surface area contributed by atoms with Gasteiger partial charge in [0.2, 0.25) is 0 Å². The van der Waals surface area contributed by atoms with Gasteiger partial charge in [0.05, 0.1) is 52.7 Å². The Hall–Kier alpha value is -8.40. The first-order valence-electron chi connectivity index (χ1n) is 29.4. The summed E-state index contributed by atoms with van der Waals surface area (Å²) in [6.45, 7) is 24.0. The van der Waals surface area contributed by atoms with E-state index in [-0.39, 0.29) is 26.3 Å². The van der Waals surface area contributed by atoms with E-state index in [9.17, 15) is 9.59 Å². The second-order valence-electron chi connectivity index (χ2n) is 22.0. The molecule has 0 aliphatic carbocycles. The topological polar surface area (TPSA) is 83.5 Å². The van der Waals surface area contributed by atoms with E-state index in [1.807, 2.05) is 12.1 Å². The van der Waals surface area contributed by atoms with Crippen molar-refractivity contribution in [2.75, 3.05) is 65.9 Å². The standard InChI is InChI=1S/C76H79NO7/c1-11-82-75(78)48-77(49-76(79)83-12-2)34-35-80-36-37-81-38-39-84-67-25-16-58(17-26-67)68-27-18-61(41-51(68)4)62-20-29-71(53(6)43-62)72-31-22-65(45-55(72)8)66-24-33-74(57(10)47-66)73-32-23-64(46-56(73)9)63-21-30-70(54(7)44-63)69-28-19-60(42-52(69)5)59-15-13-14-50(3)40-59/h13-33,40-47H,11-12,34-39,48-49H2,1-10H3. The van der Waals surface area contributed by atoms with Gasteiger partial charge < -0.3 is 23.7 Å². The molecule has 0 radical (unpaired) electrons. The number of benzene rings is 9. The van der Waals surface area contributed by atoms with Gasteiger partial charge in [0.25, 0.3) is 0 Å². The number of nitrogens with zero attached hydrogens (tertiary/aromatic N) is 1. The van der Waals surface area contributed by atoms with Crippen molar-refractivity contribution in [2.45, 2.75) is 69.2 Å². The molecular formula is C76H79NO7. The number of rotatable bonds is 24. The van der Waals surface area contributed by atoms with E-state index in [1.165, 1.54) is 128 Å². The number of aryl methyl sites for hydroxylation is 8. The quantitative estimate of drug-likeness (QED) is 0.0437. The molecular weight excluding hydrogens is 1040 g/mol. The smallest absolute Gasteiger partial charge is 0.320 e. The Morgan fingerprint density at radius 1 is 0.333 bits per heavy atom. The van der Waals surface area contributed by atoms with Crippen LogP contribution >= 0.6 is 0 Å². The molecule has 0 heterocycles. The predicted octanol–water partition coefficient (Wildman–Crippen LogP) is 17.3. The van der Waals surface area contributed by atoms with Crippen molar-refractivity contribution in [1.29, 1.82) is 0 Å². The summed E-state index contributed by atoms with van der Waals surface area (Å²) in [5.74, 6) is -0.0126. The lowest BCUT2D eigenvalue weighted by Crippen LogP contribution is -2.38. The van der Waals surface area contributed by atoms with Crippen molar-refractivity contribution >= 4 is 11.9 Å². The average Bonchev–Trinajstić information content (AvgIpc) is 3.64. The summed E-state index contributed by atoms with van der Waals surface area (Å²) in [6.07, 6.45) is 0. The number of carbonyl (C=O) groups is 2. The maximum Gasteiger partial charge on any atom is 0.320 e. The van der Waals surface area contributed by atoms with Gasteiger partial charge in [-0.3, -0.25) is 14.5 Å². The van der Waals surface area contributed by atoms with Crippen LogP contribution in [0.5, 0.6) is 5.75 Å². The largest absolute Gasteiger partial charge is 0.491 e. The molecule has 0 fully saturated rings. The van der Waals surface area contributed by atoms with Crippen LogP contribution in [-0.4, -0.2) is 82.7 Å². The first-order chi connectivity index (χ1) is 40.7. The summed E-state index contributed by atoms with van der Waals surface area (Å²) >= 11 is 0. The second-order valence-corrected chi connectivity index (χ2v) is 22.0. The number of ether oxygens (including phenoxy) is 5. The Bertz CT molecular complexity index is 3760. The highest BCUT2D eigenvalue weighted by molar-refractivity contribution is 5.84. The predicted molar refractivity (Wildman–Crippen MR) is 345 cm³/mol. The maximum atomic E-state index is 12.0. The van der Waals surface area contributed by atoms with Gasteiger partial charge in [-0.2, -0.15) is 0 Å². The number of esters is 2. The van der Waals surface area contributed by atoms with Gasteiger partial charge in [-0.1, -0.05) is 169 Å². The van der Waals surface area contributed by atoms with Crippen molar-refractivity contribution in [3.05, 3.63) is 220 Å². The maximum absolute atomic E-state index is 12.0. The normalized spacial score (nSPS) is 11.3. The Balaban J connectivity index is 0.765. The molecule has 430 valence electrons. The van der Waals surface area contributed by atoms with E-state index in [0.717, 1.165) is 11.3 Å². The summed E-state index contributed by atoms with van der Waals surface area (Å²) in [4.78, 5) is 25.6.